The van der Waals surface area contributed by atoms with Gasteiger partial charge in [-0.05, 0) is 12.8 Å². The van der Waals surface area contributed by atoms with Crippen LogP contribution in [-0.2, 0) is 11.8 Å². The summed E-state index contributed by atoms with van der Waals surface area (Å²) in [6, 6.07) is 2.80. The van der Waals surface area contributed by atoms with Crippen LogP contribution in [0.5, 0.6) is 0 Å². The highest BCUT2D eigenvalue weighted by Crippen LogP contribution is 2.15. The average Bonchev–Trinajstić information content (AvgIpc) is 2.80. The van der Waals surface area contributed by atoms with Crippen LogP contribution in [0.1, 0.15) is 33.8 Å². The Bertz CT molecular complexity index is 491. The Balaban J connectivity index is 2.16. The number of ether oxygens (including phenoxy) is 1. The number of hydrogen-bond acceptors (Lipinski definition) is 4. The molecule has 1 fully saturated rings. The van der Waals surface area contributed by atoms with Gasteiger partial charge in [0.25, 0.3) is 11.8 Å². The molecule has 103 valence electrons. The van der Waals surface area contributed by atoms with Crippen molar-refractivity contribution in [2.45, 2.75) is 18.9 Å². The summed E-state index contributed by atoms with van der Waals surface area (Å²) < 4.78 is 6.60. The molecule has 2 rings (SSSR count). The molecule has 1 saturated heterocycles. The van der Waals surface area contributed by atoms with Crippen LogP contribution in [0.2, 0.25) is 0 Å². The van der Waals surface area contributed by atoms with Gasteiger partial charge in [0.1, 0.15) is 5.69 Å². The Kier molecular flexibility index (Phi) is 3.84. The molecule has 0 atom stereocenters. The van der Waals surface area contributed by atoms with Crippen LogP contribution in [0.15, 0.2) is 0 Å². The Morgan fingerprint density at radius 1 is 1.47 bits per heavy atom. The van der Waals surface area contributed by atoms with E-state index in [-0.39, 0.29) is 23.3 Å². The maximum absolute atomic E-state index is 12.3. The van der Waals surface area contributed by atoms with Crippen LogP contribution in [0.3, 0.4) is 0 Å². The molecular formula is C12H17N4O3. The molecular weight excluding hydrogens is 248 g/mol. The van der Waals surface area contributed by atoms with Crippen molar-refractivity contribution < 1.29 is 14.3 Å². The van der Waals surface area contributed by atoms with E-state index in [1.807, 2.05) is 0 Å². The number of rotatable bonds is 3. The first-order valence-corrected chi connectivity index (χ1v) is 6.11. The summed E-state index contributed by atoms with van der Waals surface area (Å²) in [4.78, 5) is 25.0. The smallest absolute Gasteiger partial charge is 0.272 e. The Morgan fingerprint density at radius 3 is 2.63 bits per heavy atom. The van der Waals surface area contributed by atoms with Crippen LogP contribution in [0.4, 0.5) is 0 Å². The quantitative estimate of drug-likeness (QED) is 0.803. The second kappa shape index (κ2) is 5.40. The minimum atomic E-state index is -0.691. The lowest BCUT2D eigenvalue weighted by Crippen LogP contribution is -2.41. The summed E-state index contributed by atoms with van der Waals surface area (Å²) in [7, 11) is 3.33. The van der Waals surface area contributed by atoms with Crippen LogP contribution in [0, 0.1) is 6.07 Å². The van der Waals surface area contributed by atoms with Crippen molar-refractivity contribution in [2.75, 3.05) is 20.3 Å². The van der Waals surface area contributed by atoms with E-state index in [0.717, 1.165) is 12.8 Å². The van der Waals surface area contributed by atoms with Gasteiger partial charge in [-0.3, -0.25) is 14.3 Å². The monoisotopic (exact) mass is 265 g/mol. The largest absolute Gasteiger partial charge is 0.381 e. The van der Waals surface area contributed by atoms with Gasteiger partial charge < -0.3 is 15.4 Å². The van der Waals surface area contributed by atoms with Gasteiger partial charge in [0.2, 0.25) is 0 Å². The molecule has 2 amide bonds. The molecule has 19 heavy (non-hydrogen) atoms. The SMILES string of the molecule is CN(C(=O)c1[c]c(C(N)=O)nn1C)C1CCOCC1. The molecule has 7 heteroatoms. The third-order valence-electron chi connectivity index (χ3n) is 3.31. The van der Waals surface area contributed by atoms with Gasteiger partial charge >= 0.3 is 0 Å². The fraction of sp³-hybridized carbons (Fsp3) is 0.583. The highest BCUT2D eigenvalue weighted by molar-refractivity contribution is 5.96. The molecule has 0 aliphatic carbocycles. The van der Waals surface area contributed by atoms with E-state index < -0.39 is 5.91 Å². The molecule has 7 nitrogen and oxygen atoms in total. The number of carbonyl (C=O) groups excluding carboxylic acids is 2. The zero-order chi connectivity index (χ0) is 14.0. The van der Waals surface area contributed by atoms with Gasteiger partial charge in [-0.2, -0.15) is 5.10 Å². The van der Waals surface area contributed by atoms with Crippen LogP contribution in [0.25, 0.3) is 0 Å². The molecule has 0 aromatic carbocycles. The number of aryl methyl sites for hydroxylation is 1. The van der Waals surface area contributed by atoms with Gasteiger partial charge in [-0.25, -0.2) is 0 Å². The van der Waals surface area contributed by atoms with Gasteiger partial charge in [0.05, 0.1) is 6.07 Å². The maximum atomic E-state index is 12.3. The van der Waals surface area contributed by atoms with Crippen LogP contribution in [-0.4, -0.2) is 52.8 Å². The van der Waals surface area contributed by atoms with Gasteiger partial charge in [0.15, 0.2) is 5.69 Å². The number of nitrogens with two attached hydrogens (primary N) is 1. The highest BCUT2D eigenvalue weighted by Gasteiger charge is 2.26. The molecule has 1 aromatic heterocycles. The van der Waals surface area contributed by atoms with E-state index >= 15 is 0 Å². The summed E-state index contributed by atoms with van der Waals surface area (Å²) in [6.07, 6.45) is 1.62. The second-order valence-electron chi connectivity index (χ2n) is 4.57. The Labute approximate surface area is 111 Å². The number of nitrogens with zero attached hydrogens (tertiary/aromatic N) is 3. The molecule has 2 heterocycles. The standard InChI is InChI=1S/C12H17N4O3/c1-15(8-3-5-19-6-4-8)12(18)10-7-9(11(13)17)14-16(10)2/h8H,3-6H2,1-2H3,(H2,13,17). The van der Waals surface area contributed by atoms with Gasteiger partial charge in [-0.15, -0.1) is 0 Å². The fourth-order valence-corrected chi connectivity index (χ4v) is 2.13. The van der Waals surface area contributed by atoms with E-state index in [1.54, 1.807) is 19.0 Å². The van der Waals surface area contributed by atoms with Crippen LogP contribution >= 0.6 is 0 Å². The van der Waals surface area contributed by atoms with Crippen LogP contribution < -0.4 is 5.73 Å². The lowest BCUT2D eigenvalue weighted by atomic mass is 10.1. The fourth-order valence-electron chi connectivity index (χ4n) is 2.13. The third-order valence-corrected chi connectivity index (χ3v) is 3.31. The lowest BCUT2D eigenvalue weighted by Gasteiger charge is -2.31. The number of carbonyl (C=O) groups is 2. The van der Waals surface area contributed by atoms with E-state index in [2.05, 4.69) is 11.2 Å². The molecule has 0 saturated carbocycles. The molecule has 1 aromatic rings. The van der Waals surface area contributed by atoms with E-state index in [0.29, 0.717) is 13.2 Å². The topological polar surface area (TPSA) is 90.5 Å². The van der Waals surface area contributed by atoms with Crippen molar-refractivity contribution in [1.82, 2.24) is 14.7 Å². The highest BCUT2D eigenvalue weighted by atomic mass is 16.5. The second-order valence-corrected chi connectivity index (χ2v) is 4.57. The summed E-state index contributed by atoms with van der Waals surface area (Å²) in [5, 5.41) is 3.87. The van der Waals surface area contributed by atoms with Crippen molar-refractivity contribution in [1.29, 1.82) is 0 Å². The van der Waals surface area contributed by atoms with E-state index in [9.17, 15) is 9.59 Å². The summed E-state index contributed by atoms with van der Waals surface area (Å²) in [5.74, 6) is -0.905. The zero-order valence-electron chi connectivity index (χ0n) is 11.0. The van der Waals surface area contributed by atoms with Crippen molar-refractivity contribution in [3.05, 3.63) is 17.5 Å². The Morgan fingerprint density at radius 2 is 2.11 bits per heavy atom. The first kappa shape index (κ1) is 13.5. The summed E-state index contributed by atoms with van der Waals surface area (Å²) >= 11 is 0. The number of hydrogen-bond donors (Lipinski definition) is 1. The number of aromatic nitrogens is 2. The summed E-state index contributed by atoms with van der Waals surface area (Å²) in [6.45, 7) is 1.31. The normalized spacial score (nSPS) is 16.3. The predicted molar refractivity (Wildman–Crippen MR) is 66.5 cm³/mol. The van der Waals surface area contributed by atoms with Crippen molar-refractivity contribution in [3.8, 4) is 0 Å². The predicted octanol–water partition coefficient (Wildman–Crippen LogP) is -0.430. The molecule has 2 N–H and O–H groups in total. The molecule has 0 spiro atoms. The van der Waals surface area contributed by atoms with Crippen molar-refractivity contribution in [3.63, 3.8) is 0 Å². The lowest BCUT2D eigenvalue weighted by molar-refractivity contribution is 0.0356. The molecule has 0 bridgehead atoms. The number of primary amides is 1. The molecule has 1 radical (unpaired) electrons. The molecule has 1 aliphatic rings. The first-order valence-electron chi connectivity index (χ1n) is 6.11. The van der Waals surface area contributed by atoms with Gasteiger partial charge in [-0.1, -0.05) is 0 Å². The van der Waals surface area contributed by atoms with Crippen molar-refractivity contribution in [2.24, 2.45) is 12.8 Å². The number of amides is 2. The molecule has 0 unspecified atom stereocenters. The minimum Gasteiger partial charge on any atom is -0.381 e. The maximum Gasteiger partial charge on any atom is 0.272 e. The Hall–Kier alpha value is -1.89. The minimum absolute atomic E-state index is 0.0220. The van der Waals surface area contributed by atoms with E-state index in [1.165, 1.54) is 4.68 Å². The first-order chi connectivity index (χ1) is 9.00. The zero-order valence-corrected chi connectivity index (χ0v) is 11.0. The third kappa shape index (κ3) is 2.76. The van der Waals surface area contributed by atoms with Gasteiger partial charge in [0, 0.05) is 33.4 Å². The molecule has 1 aliphatic heterocycles. The van der Waals surface area contributed by atoms with E-state index in [4.69, 9.17) is 10.5 Å². The van der Waals surface area contributed by atoms with Crippen molar-refractivity contribution >= 4 is 11.8 Å². The average molecular weight is 265 g/mol. The summed E-state index contributed by atoms with van der Waals surface area (Å²) in [5.41, 5.74) is 5.34.